The number of rotatable bonds is 5. The number of carboxylic acid groups (broad SMARTS) is 1. The third kappa shape index (κ3) is 3.96. The summed E-state index contributed by atoms with van der Waals surface area (Å²) in [6, 6.07) is 17.4. The molecule has 10 heteroatoms. The number of carbonyl (C=O) groups is 1. The Morgan fingerprint density at radius 2 is 1.86 bits per heavy atom. The molecular weight excluding hydrogens is 493 g/mol. The van der Waals surface area contributed by atoms with Gasteiger partial charge < -0.3 is 9.67 Å². The van der Waals surface area contributed by atoms with E-state index in [1.165, 1.54) is 24.3 Å². The molecule has 0 atom stereocenters. The molecule has 2 heterocycles. The highest BCUT2D eigenvalue weighted by molar-refractivity contribution is 7.89. The van der Waals surface area contributed by atoms with Crippen molar-refractivity contribution >= 4 is 44.2 Å². The number of aliphatic carboxylic acids is 1. The van der Waals surface area contributed by atoms with Gasteiger partial charge in [-0.05, 0) is 48.9 Å². The van der Waals surface area contributed by atoms with Gasteiger partial charge in [-0.25, -0.2) is 4.39 Å². The van der Waals surface area contributed by atoms with Gasteiger partial charge in [0.05, 0.1) is 11.4 Å². The molecule has 4 aromatic rings. The van der Waals surface area contributed by atoms with Crippen LogP contribution in [0.5, 0.6) is 0 Å². The zero-order valence-corrected chi connectivity index (χ0v) is 20.0. The topological polar surface area (TPSA) is 92.0 Å². The van der Waals surface area contributed by atoms with E-state index in [0.717, 1.165) is 4.41 Å². The number of carboxylic acids is 1. The summed E-state index contributed by atoms with van der Waals surface area (Å²) in [6.45, 7) is 1.31. The van der Waals surface area contributed by atoms with E-state index in [0.29, 0.717) is 44.0 Å². The van der Waals surface area contributed by atoms with Crippen molar-refractivity contribution in [3.05, 3.63) is 100.0 Å². The van der Waals surface area contributed by atoms with Crippen molar-refractivity contribution in [1.29, 1.82) is 0 Å². The molecule has 0 radical (unpaired) electrons. The van der Waals surface area contributed by atoms with Crippen LogP contribution in [0.25, 0.3) is 10.9 Å². The normalized spacial score (nSPS) is 14.6. The fraction of sp³-hybridized carbons (Fsp3) is 0.120. The van der Waals surface area contributed by atoms with Crippen LogP contribution in [0.4, 0.5) is 4.39 Å². The molecule has 0 amide bonds. The van der Waals surface area contributed by atoms with Crippen LogP contribution in [0.1, 0.15) is 22.4 Å². The predicted molar refractivity (Wildman–Crippen MR) is 131 cm³/mol. The van der Waals surface area contributed by atoms with Gasteiger partial charge in [-0.1, -0.05) is 41.9 Å². The second kappa shape index (κ2) is 8.51. The summed E-state index contributed by atoms with van der Waals surface area (Å²) in [6.07, 6.45) is 0. The van der Waals surface area contributed by atoms with Crippen molar-refractivity contribution < 1.29 is 22.7 Å². The number of hydrogen-bond acceptors (Lipinski definition) is 4. The van der Waals surface area contributed by atoms with Gasteiger partial charge in [-0.3, -0.25) is 4.79 Å². The first-order chi connectivity index (χ1) is 16.7. The summed E-state index contributed by atoms with van der Waals surface area (Å²) in [4.78, 5) is 11.6. The van der Waals surface area contributed by atoms with Crippen molar-refractivity contribution in [2.75, 3.05) is 0 Å². The minimum absolute atomic E-state index is 0.0574. The maximum atomic E-state index is 14.3. The Balaban J connectivity index is 1.78. The number of halogens is 2. The van der Waals surface area contributed by atoms with Crippen LogP contribution in [0.2, 0.25) is 5.02 Å². The van der Waals surface area contributed by atoms with E-state index in [-0.39, 0.29) is 18.0 Å². The second-order valence-corrected chi connectivity index (χ2v) is 10.4. The lowest BCUT2D eigenvalue weighted by molar-refractivity contribution is -0.137. The van der Waals surface area contributed by atoms with E-state index in [4.69, 9.17) is 11.6 Å². The van der Waals surface area contributed by atoms with E-state index in [9.17, 15) is 22.7 Å². The van der Waals surface area contributed by atoms with Gasteiger partial charge in [0.1, 0.15) is 18.1 Å². The first kappa shape index (κ1) is 23.1. The molecular formula is C25H19ClFN3O4S. The first-order valence-corrected chi connectivity index (χ1v) is 12.4. The van der Waals surface area contributed by atoms with Crippen LogP contribution < -0.4 is 0 Å². The average molecular weight is 512 g/mol. The molecule has 178 valence electrons. The van der Waals surface area contributed by atoms with Crippen molar-refractivity contribution in [1.82, 2.24) is 8.98 Å². The molecule has 0 spiro atoms. The third-order valence-corrected chi connectivity index (χ3v) is 7.84. The molecule has 0 saturated heterocycles. The van der Waals surface area contributed by atoms with E-state index in [1.54, 1.807) is 54.0 Å². The van der Waals surface area contributed by atoms with Crippen molar-refractivity contribution in [2.24, 2.45) is 5.10 Å². The molecule has 1 aliphatic heterocycles. The Hall–Kier alpha value is -3.69. The van der Waals surface area contributed by atoms with E-state index < -0.39 is 21.8 Å². The molecule has 5 rings (SSSR count). The molecule has 7 nitrogen and oxygen atoms in total. The summed E-state index contributed by atoms with van der Waals surface area (Å²) in [5.74, 6) is -1.56. The maximum absolute atomic E-state index is 14.3. The Morgan fingerprint density at radius 1 is 1.09 bits per heavy atom. The zero-order chi connectivity index (χ0) is 24.9. The van der Waals surface area contributed by atoms with E-state index in [1.807, 2.05) is 0 Å². The highest BCUT2D eigenvalue weighted by Gasteiger charge is 2.35. The zero-order valence-electron chi connectivity index (χ0n) is 18.4. The van der Waals surface area contributed by atoms with Gasteiger partial charge in [0.15, 0.2) is 0 Å². The van der Waals surface area contributed by atoms with Crippen molar-refractivity contribution in [3.8, 4) is 0 Å². The number of hydrogen-bond donors (Lipinski definition) is 1. The summed E-state index contributed by atoms with van der Waals surface area (Å²) in [7, 11) is -3.99. The molecule has 1 aliphatic rings. The predicted octanol–water partition coefficient (Wildman–Crippen LogP) is 4.78. The number of aromatic nitrogens is 1. The summed E-state index contributed by atoms with van der Waals surface area (Å²) >= 11 is 6.09. The first-order valence-electron chi connectivity index (χ1n) is 10.6. The standard InChI is InChI=1S/C25H19ClFN3O4S/c1-15-24(20-12-18(27)9-10-21(20)29(15)14-23(31)32)25-19-7-2-3-8-22(19)35(33,34)30(28-25)13-16-5-4-6-17(26)11-16/h2-12H,13-14H2,1H3,(H,31,32). The van der Waals surface area contributed by atoms with E-state index in [2.05, 4.69) is 5.10 Å². The highest BCUT2D eigenvalue weighted by atomic mass is 35.5. The van der Waals surface area contributed by atoms with Gasteiger partial charge in [0, 0.05) is 32.7 Å². The molecule has 0 fully saturated rings. The number of hydrazone groups is 1. The lowest BCUT2D eigenvalue weighted by Crippen LogP contribution is -2.33. The third-order valence-electron chi connectivity index (χ3n) is 5.93. The number of fused-ring (bicyclic) bond motifs is 2. The van der Waals surface area contributed by atoms with Crippen molar-refractivity contribution in [3.63, 3.8) is 0 Å². The fourth-order valence-electron chi connectivity index (χ4n) is 4.41. The monoisotopic (exact) mass is 511 g/mol. The minimum Gasteiger partial charge on any atom is -0.480 e. The largest absolute Gasteiger partial charge is 0.480 e. The average Bonchev–Trinajstić information content (AvgIpc) is 3.06. The number of nitrogens with zero attached hydrogens (tertiary/aromatic N) is 3. The molecule has 0 saturated carbocycles. The Bertz CT molecular complexity index is 1650. The molecule has 1 N–H and O–H groups in total. The Morgan fingerprint density at radius 3 is 2.60 bits per heavy atom. The number of benzene rings is 3. The van der Waals surface area contributed by atoms with Crippen LogP contribution in [0, 0.1) is 12.7 Å². The minimum atomic E-state index is -3.99. The number of sulfonamides is 1. The Kier molecular flexibility index (Phi) is 5.61. The van der Waals surface area contributed by atoms with E-state index >= 15 is 0 Å². The lowest BCUT2D eigenvalue weighted by atomic mass is 9.99. The van der Waals surface area contributed by atoms with Crippen LogP contribution >= 0.6 is 11.6 Å². The van der Waals surface area contributed by atoms with Gasteiger partial charge >= 0.3 is 5.97 Å². The molecule has 0 aliphatic carbocycles. The molecule has 0 bridgehead atoms. The summed E-state index contributed by atoms with van der Waals surface area (Å²) < 4.78 is 43.8. The quantitative estimate of drug-likeness (QED) is 0.417. The van der Waals surface area contributed by atoms with Gasteiger partial charge in [-0.2, -0.15) is 17.9 Å². The maximum Gasteiger partial charge on any atom is 0.323 e. The molecule has 0 unspecified atom stereocenters. The van der Waals surface area contributed by atoms with Crippen LogP contribution in [-0.2, 0) is 27.9 Å². The van der Waals surface area contributed by atoms with Crippen LogP contribution in [0.3, 0.4) is 0 Å². The van der Waals surface area contributed by atoms with Crippen LogP contribution in [0.15, 0.2) is 76.7 Å². The highest BCUT2D eigenvalue weighted by Crippen LogP contribution is 2.35. The van der Waals surface area contributed by atoms with Gasteiger partial charge in [0.2, 0.25) is 0 Å². The summed E-state index contributed by atoms with van der Waals surface area (Å²) in [5, 5.41) is 14.9. The SMILES string of the molecule is Cc1c(C2=NN(Cc3cccc(Cl)c3)S(=O)(=O)c3ccccc32)c2cc(F)ccc2n1CC(=O)O. The molecule has 3 aromatic carbocycles. The summed E-state index contributed by atoms with van der Waals surface area (Å²) in [5.41, 5.74) is 2.82. The van der Waals surface area contributed by atoms with Crippen LogP contribution in [-0.4, -0.2) is 34.2 Å². The smallest absolute Gasteiger partial charge is 0.323 e. The lowest BCUT2D eigenvalue weighted by Gasteiger charge is -2.27. The fourth-order valence-corrected chi connectivity index (χ4v) is 6.05. The van der Waals surface area contributed by atoms with Gasteiger partial charge in [0.25, 0.3) is 10.0 Å². The molecule has 1 aromatic heterocycles. The Labute approximate surface area is 205 Å². The molecule has 35 heavy (non-hydrogen) atoms. The second-order valence-electron chi connectivity index (χ2n) is 8.16. The van der Waals surface area contributed by atoms with Gasteiger partial charge in [-0.15, -0.1) is 0 Å². The van der Waals surface area contributed by atoms with Crippen molar-refractivity contribution in [2.45, 2.75) is 24.9 Å².